The summed E-state index contributed by atoms with van der Waals surface area (Å²) in [6, 6.07) is 9.34. The number of carbonyl (C=O) groups is 1. The highest BCUT2D eigenvalue weighted by Crippen LogP contribution is 2.16. The Balaban J connectivity index is 1.81. The molecule has 2 rings (SSSR count). The number of sulfonamides is 1. The number of likely N-dealkylation sites (N-methyl/N-ethyl adjacent to an activating group) is 1. The summed E-state index contributed by atoms with van der Waals surface area (Å²) in [6.07, 6.45) is -1.73. The third kappa shape index (κ3) is 7.44. The van der Waals surface area contributed by atoms with E-state index in [0.29, 0.717) is 11.1 Å². The summed E-state index contributed by atoms with van der Waals surface area (Å²) in [7, 11) is -2.54. The van der Waals surface area contributed by atoms with Crippen LogP contribution >= 0.6 is 0 Å². The number of hydrogen-bond acceptors (Lipinski definition) is 5. The Morgan fingerprint density at radius 1 is 1.17 bits per heavy atom. The van der Waals surface area contributed by atoms with E-state index in [9.17, 15) is 26.4 Å². The van der Waals surface area contributed by atoms with Gasteiger partial charge in [-0.2, -0.15) is 17.5 Å². The minimum absolute atomic E-state index is 0.0152. The maximum atomic E-state index is 12.4. The predicted molar refractivity (Wildman–Crippen MR) is 98.1 cm³/mol. The molecule has 7 nitrogen and oxygen atoms in total. The first kappa shape index (κ1) is 22.8. The van der Waals surface area contributed by atoms with Gasteiger partial charge in [0, 0.05) is 26.0 Å². The van der Waals surface area contributed by atoms with Crippen molar-refractivity contribution in [2.75, 3.05) is 20.2 Å². The van der Waals surface area contributed by atoms with Crippen LogP contribution in [0.5, 0.6) is 0 Å². The molecule has 0 aliphatic heterocycles. The highest BCUT2D eigenvalue weighted by Gasteiger charge is 2.27. The van der Waals surface area contributed by atoms with Crippen LogP contribution in [0.25, 0.3) is 0 Å². The molecule has 1 aromatic heterocycles. The second-order valence-electron chi connectivity index (χ2n) is 6.15. The third-order valence-corrected chi connectivity index (χ3v) is 5.54. The van der Waals surface area contributed by atoms with Gasteiger partial charge in [-0.3, -0.25) is 9.78 Å². The third-order valence-electron chi connectivity index (χ3n) is 3.76. The van der Waals surface area contributed by atoms with E-state index in [1.807, 2.05) is 0 Å². The lowest BCUT2D eigenvalue weighted by Gasteiger charge is -2.16. The number of pyridine rings is 1. The number of ether oxygens (including phenoxy) is 1. The van der Waals surface area contributed by atoms with Gasteiger partial charge >= 0.3 is 6.18 Å². The van der Waals surface area contributed by atoms with E-state index >= 15 is 0 Å². The molecule has 0 saturated heterocycles. The van der Waals surface area contributed by atoms with Gasteiger partial charge in [-0.1, -0.05) is 24.3 Å². The van der Waals surface area contributed by atoms with E-state index in [-0.39, 0.29) is 24.6 Å². The van der Waals surface area contributed by atoms with Crippen molar-refractivity contribution in [1.29, 1.82) is 0 Å². The largest absolute Gasteiger partial charge is 0.411 e. The summed E-state index contributed by atoms with van der Waals surface area (Å²) in [6.45, 7) is -1.73. The summed E-state index contributed by atoms with van der Waals surface area (Å²) >= 11 is 0. The maximum absolute atomic E-state index is 12.4. The number of alkyl halides is 3. The Morgan fingerprint density at radius 2 is 1.83 bits per heavy atom. The Morgan fingerprint density at radius 3 is 2.41 bits per heavy atom. The van der Waals surface area contributed by atoms with Crippen molar-refractivity contribution in [2.45, 2.75) is 24.2 Å². The molecule has 2 aromatic rings. The molecule has 1 amide bonds. The molecule has 0 aliphatic carbocycles. The van der Waals surface area contributed by atoms with Crippen LogP contribution in [0.4, 0.5) is 13.2 Å². The number of nitrogens with one attached hydrogen (secondary N) is 1. The number of halogens is 3. The number of carbonyl (C=O) groups excluding carboxylic acids is 1. The Bertz CT molecular complexity index is 904. The first-order chi connectivity index (χ1) is 13.6. The van der Waals surface area contributed by atoms with Crippen LogP contribution in [0.3, 0.4) is 0 Å². The summed E-state index contributed by atoms with van der Waals surface area (Å²) in [5, 5.41) is 2.60. The molecular formula is C18H20F3N3O4S. The summed E-state index contributed by atoms with van der Waals surface area (Å²) in [4.78, 5) is 15.8. The molecule has 11 heteroatoms. The number of amides is 1. The van der Waals surface area contributed by atoms with Crippen LogP contribution in [0.1, 0.15) is 11.1 Å². The van der Waals surface area contributed by atoms with Gasteiger partial charge in [-0.25, -0.2) is 8.42 Å². The second-order valence-corrected chi connectivity index (χ2v) is 8.20. The van der Waals surface area contributed by atoms with Crippen molar-refractivity contribution in [1.82, 2.24) is 14.6 Å². The van der Waals surface area contributed by atoms with E-state index < -0.39 is 28.7 Å². The second kappa shape index (κ2) is 9.81. The quantitative estimate of drug-likeness (QED) is 0.657. The zero-order valence-electron chi connectivity index (χ0n) is 15.5. The Labute approximate surface area is 166 Å². The molecule has 0 atom stereocenters. The highest BCUT2D eigenvalue weighted by molar-refractivity contribution is 7.89. The summed E-state index contributed by atoms with van der Waals surface area (Å²) < 4.78 is 66.3. The number of benzene rings is 1. The van der Waals surface area contributed by atoms with Crippen LogP contribution in [-0.2, 0) is 32.7 Å². The molecule has 1 aromatic carbocycles. The molecule has 158 valence electrons. The van der Waals surface area contributed by atoms with Gasteiger partial charge in [0.1, 0.15) is 11.5 Å². The lowest BCUT2D eigenvalue weighted by atomic mass is 10.1. The number of hydrogen-bond donors (Lipinski definition) is 1. The fourth-order valence-electron chi connectivity index (χ4n) is 2.26. The van der Waals surface area contributed by atoms with E-state index in [0.717, 1.165) is 4.31 Å². The molecule has 1 heterocycles. The molecule has 0 saturated carbocycles. The topological polar surface area (TPSA) is 88.6 Å². The van der Waals surface area contributed by atoms with Gasteiger partial charge in [-0.05, 0) is 23.3 Å². The maximum Gasteiger partial charge on any atom is 0.411 e. The van der Waals surface area contributed by atoms with Crippen molar-refractivity contribution < 1.29 is 31.1 Å². The zero-order chi connectivity index (χ0) is 21.5. The van der Waals surface area contributed by atoms with Crippen LogP contribution in [0.15, 0.2) is 53.7 Å². The first-order valence-electron chi connectivity index (χ1n) is 8.43. The van der Waals surface area contributed by atoms with Gasteiger partial charge in [0.2, 0.25) is 15.9 Å². The van der Waals surface area contributed by atoms with E-state index in [2.05, 4.69) is 15.0 Å². The van der Waals surface area contributed by atoms with Gasteiger partial charge in [0.15, 0.2) is 0 Å². The molecule has 0 aliphatic rings. The Hall–Kier alpha value is -2.50. The number of rotatable bonds is 9. The fraction of sp³-hybridized carbons (Fsp3) is 0.333. The van der Waals surface area contributed by atoms with Crippen LogP contribution in [0.2, 0.25) is 0 Å². The molecule has 29 heavy (non-hydrogen) atoms. The monoisotopic (exact) mass is 431 g/mol. The van der Waals surface area contributed by atoms with Crippen molar-refractivity contribution in [3.8, 4) is 0 Å². The lowest BCUT2D eigenvalue weighted by Crippen LogP contribution is -2.38. The van der Waals surface area contributed by atoms with E-state index in [1.54, 1.807) is 24.3 Å². The molecule has 1 N–H and O–H groups in total. The van der Waals surface area contributed by atoms with E-state index in [1.165, 1.54) is 31.6 Å². The molecule has 0 unspecified atom stereocenters. The SMILES string of the molecule is CN(CC(=O)NCc1ccc(COCC(F)(F)F)cc1)S(=O)(=O)c1cccnc1. The van der Waals surface area contributed by atoms with Crippen LogP contribution < -0.4 is 5.32 Å². The first-order valence-corrected chi connectivity index (χ1v) is 9.87. The lowest BCUT2D eigenvalue weighted by molar-refractivity contribution is -0.176. The summed E-state index contributed by atoms with van der Waals surface area (Å²) in [5.74, 6) is -0.502. The highest BCUT2D eigenvalue weighted by atomic mass is 32.2. The Kier molecular flexibility index (Phi) is 7.71. The van der Waals surface area contributed by atoms with Crippen molar-refractivity contribution in [3.63, 3.8) is 0 Å². The van der Waals surface area contributed by atoms with E-state index in [4.69, 9.17) is 0 Å². The zero-order valence-corrected chi connectivity index (χ0v) is 16.3. The summed E-state index contributed by atoms with van der Waals surface area (Å²) in [5.41, 5.74) is 1.27. The predicted octanol–water partition coefficient (Wildman–Crippen LogP) is 2.10. The molecule has 0 spiro atoms. The van der Waals surface area contributed by atoms with Gasteiger partial charge in [0.05, 0.1) is 13.2 Å². The van der Waals surface area contributed by atoms with Gasteiger partial charge in [-0.15, -0.1) is 0 Å². The standard InChI is InChI=1S/C18H20F3N3O4S/c1-24(29(26,27)16-3-2-8-22-10-16)11-17(25)23-9-14-4-6-15(7-5-14)12-28-13-18(19,20)21/h2-8,10H,9,11-13H2,1H3,(H,23,25). The van der Waals surface area contributed by atoms with Crippen LogP contribution in [-0.4, -0.2) is 50.0 Å². The molecule has 0 fully saturated rings. The minimum atomic E-state index is -4.37. The average molecular weight is 431 g/mol. The smallest absolute Gasteiger partial charge is 0.367 e. The normalized spacial score (nSPS) is 12.2. The number of nitrogens with zero attached hydrogens (tertiary/aromatic N) is 2. The van der Waals surface area contributed by atoms with Crippen LogP contribution in [0, 0.1) is 0 Å². The molecule has 0 radical (unpaired) electrons. The number of aromatic nitrogens is 1. The minimum Gasteiger partial charge on any atom is -0.367 e. The van der Waals surface area contributed by atoms with Gasteiger partial charge in [0.25, 0.3) is 0 Å². The molecular weight excluding hydrogens is 411 g/mol. The average Bonchev–Trinajstić information content (AvgIpc) is 2.67. The van der Waals surface area contributed by atoms with Crippen molar-refractivity contribution >= 4 is 15.9 Å². The van der Waals surface area contributed by atoms with Crippen molar-refractivity contribution in [3.05, 3.63) is 59.9 Å². The van der Waals surface area contributed by atoms with Gasteiger partial charge < -0.3 is 10.1 Å². The van der Waals surface area contributed by atoms with Crippen molar-refractivity contribution in [2.24, 2.45) is 0 Å². The molecule has 0 bridgehead atoms. The fourth-order valence-corrected chi connectivity index (χ4v) is 3.35.